The van der Waals surface area contributed by atoms with Crippen molar-refractivity contribution < 1.29 is 8.78 Å². The Hall–Kier alpha value is -1.18. The van der Waals surface area contributed by atoms with Crippen molar-refractivity contribution in [1.29, 1.82) is 0 Å². The number of benzene rings is 1. The van der Waals surface area contributed by atoms with Gasteiger partial charge in [0.2, 0.25) is 0 Å². The van der Waals surface area contributed by atoms with Crippen LogP contribution in [0.1, 0.15) is 71.8 Å². The van der Waals surface area contributed by atoms with E-state index in [1.54, 1.807) is 0 Å². The highest BCUT2D eigenvalue weighted by atomic mass is 19.1. The highest BCUT2D eigenvalue weighted by Gasteiger charge is 2.19. The minimum absolute atomic E-state index is 0.502. The number of hydrogen-bond donors (Lipinski definition) is 0. The van der Waals surface area contributed by atoms with Crippen LogP contribution in [0.15, 0.2) is 23.8 Å². The SMILES string of the molecule is CC(C)C1CCC(=Cc2cc(F)cc(F)c2)CC1.CCCC. The molecular weight excluding hydrogens is 278 g/mol. The van der Waals surface area contributed by atoms with E-state index in [0.717, 1.165) is 30.7 Å². The fraction of sp³-hybridized carbons (Fsp3) is 0.600. The zero-order valence-electron chi connectivity index (χ0n) is 14.5. The monoisotopic (exact) mass is 308 g/mol. The van der Waals surface area contributed by atoms with Gasteiger partial charge in [0.05, 0.1) is 0 Å². The zero-order chi connectivity index (χ0) is 16.5. The van der Waals surface area contributed by atoms with E-state index in [2.05, 4.69) is 27.7 Å². The first-order valence-electron chi connectivity index (χ1n) is 8.61. The smallest absolute Gasteiger partial charge is 0.126 e. The third-order valence-electron chi connectivity index (χ3n) is 4.37. The maximum absolute atomic E-state index is 13.1. The second-order valence-electron chi connectivity index (χ2n) is 6.59. The van der Waals surface area contributed by atoms with Gasteiger partial charge in [0.15, 0.2) is 0 Å². The zero-order valence-corrected chi connectivity index (χ0v) is 14.5. The van der Waals surface area contributed by atoms with E-state index in [9.17, 15) is 8.78 Å². The van der Waals surface area contributed by atoms with E-state index in [4.69, 9.17) is 0 Å². The molecule has 0 bridgehead atoms. The summed E-state index contributed by atoms with van der Waals surface area (Å²) in [7, 11) is 0. The Kier molecular flexibility index (Phi) is 8.37. The first-order chi connectivity index (χ1) is 10.5. The van der Waals surface area contributed by atoms with Gasteiger partial charge in [0.1, 0.15) is 11.6 Å². The molecule has 1 fully saturated rings. The van der Waals surface area contributed by atoms with E-state index in [-0.39, 0.29) is 0 Å². The molecule has 0 N–H and O–H groups in total. The van der Waals surface area contributed by atoms with Crippen LogP contribution in [0.5, 0.6) is 0 Å². The Morgan fingerprint density at radius 2 is 1.50 bits per heavy atom. The second kappa shape index (κ2) is 9.76. The summed E-state index contributed by atoms with van der Waals surface area (Å²) in [5, 5.41) is 0. The van der Waals surface area contributed by atoms with Gasteiger partial charge >= 0.3 is 0 Å². The lowest BCUT2D eigenvalue weighted by Gasteiger charge is -2.27. The molecule has 0 saturated heterocycles. The van der Waals surface area contributed by atoms with Crippen molar-refractivity contribution in [2.75, 3.05) is 0 Å². The van der Waals surface area contributed by atoms with Crippen molar-refractivity contribution in [1.82, 2.24) is 0 Å². The van der Waals surface area contributed by atoms with Crippen molar-refractivity contribution in [2.24, 2.45) is 11.8 Å². The predicted octanol–water partition coefficient (Wildman–Crippen LogP) is 7.00. The summed E-state index contributed by atoms with van der Waals surface area (Å²) in [6, 6.07) is 3.70. The van der Waals surface area contributed by atoms with Crippen molar-refractivity contribution in [3.63, 3.8) is 0 Å². The number of allylic oxidation sites excluding steroid dienone is 1. The van der Waals surface area contributed by atoms with E-state index >= 15 is 0 Å². The lowest BCUT2D eigenvalue weighted by molar-refractivity contribution is 0.312. The quantitative estimate of drug-likeness (QED) is 0.564. The van der Waals surface area contributed by atoms with Crippen molar-refractivity contribution >= 4 is 6.08 Å². The highest BCUT2D eigenvalue weighted by Crippen LogP contribution is 2.33. The minimum Gasteiger partial charge on any atom is -0.207 e. The van der Waals surface area contributed by atoms with Crippen LogP contribution >= 0.6 is 0 Å². The summed E-state index contributed by atoms with van der Waals surface area (Å²) in [6.07, 6.45) is 9.09. The third kappa shape index (κ3) is 6.72. The summed E-state index contributed by atoms with van der Waals surface area (Å²) in [5.41, 5.74) is 1.96. The molecule has 0 aliphatic heterocycles. The largest absolute Gasteiger partial charge is 0.207 e. The van der Waals surface area contributed by atoms with Gasteiger partial charge in [-0.05, 0) is 55.2 Å². The van der Waals surface area contributed by atoms with Crippen molar-refractivity contribution in [2.45, 2.75) is 66.2 Å². The van der Waals surface area contributed by atoms with E-state index in [1.165, 1.54) is 43.4 Å². The van der Waals surface area contributed by atoms with Crippen LogP contribution in [0.3, 0.4) is 0 Å². The van der Waals surface area contributed by atoms with E-state index in [0.29, 0.717) is 5.56 Å². The summed E-state index contributed by atoms with van der Waals surface area (Å²) in [5.74, 6) is 0.528. The van der Waals surface area contributed by atoms with Gasteiger partial charge in [0, 0.05) is 6.07 Å². The lowest BCUT2D eigenvalue weighted by atomic mass is 9.79. The number of rotatable bonds is 3. The molecule has 0 amide bonds. The Bertz CT molecular complexity index is 442. The fourth-order valence-electron chi connectivity index (χ4n) is 2.72. The molecule has 0 aromatic heterocycles. The molecule has 1 aliphatic rings. The van der Waals surface area contributed by atoms with Crippen LogP contribution in [0.25, 0.3) is 6.08 Å². The van der Waals surface area contributed by atoms with Crippen LogP contribution in [0, 0.1) is 23.5 Å². The third-order valence-corrected chi connectivity index (χ3v) is 4.37. The Balaban J connectivity index is 0.000000541. The molecule has 1 aromatic rings. The number of hydrogen-bond acceptors (Lipinski definition) is 0. The molecule has 2 rings (SSSR count). The van der Waals surface area contributed by atoms with Gasteiger partial charge in [-0.2, -0.15) is 0 Å². The predicted molar refractivity (Wildman–Crippen MR) is 91.7 cm³/mol. The van der Waals surface area contributed by atoms with Gasteiger partial charge in [-0.3, -0.25) is 0 Å². The molecule has 0 radical (unpaired) electrons. The standard InChI is InChI=1S/C16H20F2.C4H10/c1-11(2)14-5-3-12(4-6-14)7-13-8-15(17)10-16(18)9-13;1-3-4-2/h7-11,14H,3-6H2,1-2H3;3-4H2,1-2H3. The summed E-state index contributed by atoms with van der Waals surface area (Å²) < 4.78 is 26.2. The molecule has 0 spiro atoms. The summed E-state index contributed by atoms with van der Waals surface area (Å²) >= 11 is 0. The molecule has 124 valence electrons. The molecule has 1 aliphatic carbocycles. The average molecular weight is 308 g/mol. The highest BCUT2D eigenvalue weighted by molar-refractivity contribution is 5.53. The number of unbranched alkanes of at least 4 members (excludes halogenated alkanes) is 1. The van der Waals surface area contributed by atoms with E-state index in [1.807, 2.05) is 6.08 Å². The van der Waals surface area contributed by atoms with Gasteiger partial charge in [-0.1, -0.05) is 52.2 Å². The minimum atomic E-state index is -0.502. The normalized spacial score (nSPS) is 18.0. The maximum Gasteiger partial charge on any atom is 0.126 e. The molecular formula is C20H30F2. The topological polar surface area (TPSA) is 0 Å². The molecule has 22 heavy (non-hydrogen) atoms. The first-order valence-corrected chi connectivity index (χ1v) is 8.61. The molecule has 0 atom stereocenters. The van der Waals surface area contributed by atoms with Gasteiger partial charge < -0.3 is 0 Å². The van der Waals surface area contributed by atoms with E-state index < -0.39 is 11.6 Å². The molecule has 1 saturated carbocycles. The van der Waals surface area contributed by atoms with Gasteiger partial charge in [0.25, 0.3) is 0 Å². The fourth-order valence-corrected chi connectivity index (χ4v) is 2.72. The Morgan fingerprint density at radius 1 is 1.00 bits per heavy atom. The number of halogens is 2. The van der Waals surface area contributed by atoms with Gasteiger partial charge in [-0.25, -0.2) is 8.78 Å². The average Bonchev–Trinajstić information content (AvgIpc) is 2.47. The van der Waals surface area contributed by atoms with Crippen LogP contribution < -0.4 is 0 Å². The molecule has 0 unspecified atom stereocenters. The van der Waals surface area contributed by atoms with Crippen molar-refractivity contribution in [3.05, 3.63) is 41.0 Å². The van der Waals surface area contributed by atoms with Gasteiger partial charge in [-0.15, -0.1) is 0 Å². The first kappa shape index (κ1) is 18.9. The summed E-state index contributed by atoms with van der Waals surface area (Å²) in [6.45, 7) is 8.89. The van der Waals surface area contributed by atoms with Crippen LogP contribution in [0.4, 0.5) is 8.78 Å². The summed E-state index contributed by atoms with van der Waals surface area (Å²) in [4.78, 5) is 0. The van der Waals surface area contributed by atoms with Crippen LogP contribution in [-0.4, -0.2) is 0 Å². The molecule has 0 nitrogen and oxygen atoms in total. The molecule has 1 aromatic carbocycles. The second-order valence-corrected chi connectivity index (χ2v) is 6.59. The van der Waals surface area contributed by atoms with Crippen molar-refractivity contribution in [3.8, 4) is 0 Å². The molecule has 2 heteroatoms. The Morgan fingerprint density at radius 3 is 1.91 bits per heavy atom. The lowest BCUT2D eigenvalue weighted by Crippen LogP contribution is -2.13. The van der Waals surface area contributed by atoms with Crippen LogP contribution in [-0.2, 0) is 0 Å². The van der Waals surface area contributed by atoms with Crippen LogP contribution in [0.2, 0.25) is 0 Å². The molecule has 0 heterocycles. The maximum atomic E-state index is 13.1. The Labute approximate surface area is 134 Å².